The Kier molecular flexibility index (Phi) is 4.73. The first-order valence-electron chi connectivity index (χ1n) is 6.47. The molecule has 2 aromatic rings. The summed E-state index contributed by atoms with van der Waals surface area (Å²) in [6.45, 7) is 1.43. The van der Waals surface area contributed by atoms with Gasteiger partial charge >= 0.3 is 21.8 Å². The summed E-state index contributed by atoms with van der Waals surface area (Å²) < 4.78 is 101. The molecule has 0 radical (unpaired) electrons. The van der Waals surface area contributed by atoms with Crippen LogP contribution in [0.5, 0.6) is 5.88 Å². The standard InChI is InChI=1S/C14H9F6NO3S/c1-8-6-11(9-2-4-10(5-3-9)13(15,16)17)21-12(7-8)24-25(22,23)14(18,19)20/h2-7H,1H3. The Labute approximate surface area is 138 Å². The molecule has 0 N–H and O–H groups in total. The van der Waals surface area contributed by atoms with Crippen molar-refractivity contribution in [1.82, 2.24) is 4.98 Å². The molecular weight excluding hydrogens is 376 g/mol. The highest BCUT2D eigenvalue weighted by atomic mass is 32.2. The van der Waals surface area contributed by atoms with E-state index >= 15 is 0 Å². The van der Waals surface area contributed by atoms with Gasteiger partial charge in [0.1, 0.15) is 0 Å². The van der Waals surface area contributed by atoms with E-state index in [9.17, 15) is 34.8 Å². The zero-order valence-electron chi connectivity index (χ0n) is 12.3. The summed E-state index contributed by atoms with van der Waals surface area (Å²) in [5, 5.41) is 0. The van der Waals surface area contributed by atoms with Crippen LogP contribution in [-0.4, -0.2) is 18.9 Å². The maximum atomic E-state index is 12.5. The molecule has 1 aromatic carbocycles. The number of hydrogen-bond donors (Lipinski definition) is 0. The first kappa shape index (κ1) is 19.0. The van der Waals surface area contributed by atoms with E-state index in [1.165, 1.54) is 13.0 Å². The van der Waals surface area contributed by atoms with E-state index in [1.807, 2.05) is 0 Å². The number of rotatable bonds is 3. The third-order valence-electron chi connectivity index (χ3n) is 2.93. The summed E-state index contributed by atoms with van der Waals surface area (Å²) in [5.41, 5.74) is -6.14. The Bertz CT molecular complexity index is 873. The highest BCUT2D eigenvalue weighted by Crippen LogP contribution is 2.32. The van der Waals surface area contributed by atoms with Crippen molar-refractivity contribution in [2.75, 3.05) is 0 Å². The number of nitrogens with zero attached hydrogens (tertiary/aromatic N) is 1. The molecule has 0 saturated carbocycles. The summed E-state index contributed by atoms with van der Waals surface area (Å²) in [4.78, 5) is 3.61. The second-order valence-corrected chi connectivity index (χ2v) is 6.46. The normalized spacial score (nSPS) is 12.9. The Balaban J connectivity index is 2.40. The molecule has 0 bridgehead atoms. The maximum Gasteiger partial charge on any atom is 0.534 e. The average molecular weight is 385 g/mol. The van der Waals surface area contributed by atoms with Gasteiger partial charge in [-0.1, -0.05) is 12.1 Å². The fourth-order valence-corrected chi connectivity index (χ4v) is 2.22. The first-order chi connectivity index (χ1) is 11.3. The molecule has 2 rings (SSSR count). The van der Waals surface area contributed by atoms with E-state index in [0.717, 1.165) is 30.3 Å². The van der Waals surface area contributed by atoms with Crippen molar-refractivity contribution in [2.24, 2.45) is 0 Å². The summed E-state index contributed by atoms with van der Waals surface area (Å²) in [6.07, 6.45) is -4.55. The quantitative estimate of drug-likeness (QED) is 0.449. The number of aromatic nitrogens is 1. The van der Waals surface area contributed by atoms with Gasteiger partial charge in [0.25, 0.3) is 0 Å². The van der Waals surface area contributed by atoms with Crippen molar-refractivity contribution in [2.45, 2.75) is 18.6 Å². The van der Waals surface area contributed by atoms with Crippen LogP contribution in [0.2, 0.25) is 0 Å². The lowest BCUT2D eigenvalue weighted by molar-refractivity contribution is -0.137. The zero-order chi connectivity index (χ0) is 19.0. The fourth-order valence-electron chi connectivity index (χ4n) is 1.82. The lowest BCUT2D eigenvalue weighted by atomic mass is 10.1. The molecule has 0 amide bonds. The smallest absolute Gasteiger partial charge is 0.355 e. The fraction of sp³-hybridized carbons (Fsp3) is 0.214. The minimum atomic E-state index is -5.90. The van der Waals surface area contributed by atoms with Gasteiger partial charge in [0.05, 0.1) is 11.3 Å². The highest BCUT2D eigenvalue weighted by Gasteiger charge is 2.48. The predicted octanol–water partition coefficient (Wildman–Crippen LogP) is 4.30. The molecule has 0 aliphatic rings. The minimum Gasteiger partial charge on any atom is -0.355 e. The van der Waals surface area contributed by atoms with E-state index in [4.69, 9.17) is 0 Å². The second-order valence-electron chi connectivity index (χ2n) is 4.93. The van der Waals surface area contributed by atoms with E-state index in [1.54, 1.807) is 0 Å². The van der Waals surface area contributed by atoms with Crippen molar-refractivity contribution >= 4 is 10.1 Å². The largest absolute Gasteiger partial charge is 0.534 e. The van der Waals surface area contributed by atoms with Gasteiger partial charge in [-0.15, -0.1) is 0 Å². The highest BCUT2D eigenvalue weighted by molar-refractivity contribution is 7.87. The third-order valence-corrected chi connectivity index (χ3v) is 3.89. The van der Waals surface area contributed by atoms with Gasteiger partial charge in [0.15, 0.2) is 0 Å². The van der Waals surface area contributed by atoms with E-state index in [2.05, 4.69) is 9.17 Å². The SMILES string of the molecule is Cc1cc(OS(=O)(=O)C(F)(F)F)nc(-c2ccc(C(F)(F)F)cc2)c1. The predicted molar refractivity (Wildman–Crippen MR) is 75.0 cm³/mol. The number of pyridine rings is 1. The summed E-state index contributed by atoms with van der Waals surface area (Å²) in [5.74, 6) is -0.841. The molecule has 1 heterocycles. The maximum absolute atomic E-state index is 12.5. The summed E-state index contributed by atoms with van der Waals surface area (Å²) >= 11 is 0. The van der Waals surface area contributed by atoms with Crippen LogP contribution in [0.3, 0.4) is 0 Å². The van der Waals surface area contributed by atoms with E-state index < -0.39 is 33.2 Å². The van der Waals surface area contributed by atoms with Crippen LogP contribution >= 0.6 is 0 Å². The molecular formula is C14H9F6NO3S. The lowest BCUT2D eigenvalue weighted by Gasteiger charge is -2.11. The van der Waals surface area contributed by atoms with Gasteiger partial charge in [-0.3, -0.25) is 0 Å². The van der Waals surface area contributed by atoms with E-state index in [0.29, 0.717) is 5.56 Å². The van der Waals surface area contributed by atoms with Gasteiger partial charge in [-0.05, 0) is 30.7 Å². The van der Waals surface area contributed by atoms with Crippen LogP contribution in [0.4, 0.5) is 26.3 Å². The lowest BCUT2D eigenvalue weighted by Crippen LogP contribution is -2.28. The average Bonchev–Trinajstić information content (AvgIpc) is 2.44. The Morgan fingerprint density at radius 3 is 2.00 bits per heavy atom. The van der Waals surface area contributed by atoms with Crippen LogP contribution in [0.1, 0.15) is 11.1 Å². The van der Waals surface area contributed by atoms with E-state index in [-0.39, 0.29) is 11.3 Å². The van der Waals surface area contributed by atoms with Gasteiger partial charge in [0.2, 0.25) is 5.88 Å². The van der Waals surface area contributed by atoms with Crippen molar-refractivity contribution in [3.05, 3.63) is 47.5 Å². The topological polar surface area (TPSA) is 56.3 Å². The van der Waals surface area contributed by atoms with Crippen LogP contribution < -0.4 is 4.18 Å². The zero-order valence-corrected chi connectivity index (χ0v) is 13.1. The third kappa shape index (κ3) is 4.41. The number of benzene rings is 1. The minimum absolute atomic E-state index is 0.0406. The summed E-state index contributed by atoms with van der Waals surface area (Å²) in [7, 11) is -5.90. The molecule has 25 heavy (non-hydrogen) atoms. The molecule has 0 fully saturated rings. The van der Waals surface area contributed by atoms with Gasteiger partial charge < -0.3 is 4.18 Å². The monoisotopic (exact) mass is 385 g/mol. The first-order valence-corrected chi connectivity index (χ1v) is 7.87. The van der Waals surface area contributed by atoms with Crippen LogP contribution in [0, 0.1) is 6.92 Å². The van der Waals surface area contributed by atoms with Crippen LogP contribution in [0.25, 0.3) is 11.3 Å². The molecule has 0 spiro atoms. The van der Waals surface area contributed by atoms with Gasteiger partial charge in [0, 0.05) is 11.6 Å². The molecule has 0 saturated heterocycles. The van der Waals surface area contributed by atoms with Crippen LogP contribution in [-0.2, 0) is 16.3 Å². The molecule has 136 valence electrons. The van der Waals surface area contributed by atoms with Gasteiger partial charge in [-0.25, -0.2) is 4.98 Å². The Hall–Kier alpha value is -2.30. The van der Waals surface area contributed by atoms with Crippen molar-refractivity contribution in [1.29, 1.82) is 0 Å². The summed E-state index contributed by atoms with van der Waals surface area (Å²) in [6, 6.07) is 5.98. The molecule has 0 atom stereocenters. The Morgan fingerprint density at radius 1 is 0.960 bits per heavy atom. The van der Waals surface area contributed by atoms with Crippen molar-refractivity contribution in [3.8, 4) is 17.1 Å². The number of aryl methyl sites for hydroxylation is 1. The van der Waals surface area contributed by atoms with Crippen molar-refractivity contribution in [3.63, 3.8) is 0 Å². The number of alkyl halides is 6. The molecule has 1 aromatic heterocycles. The Morgan fingerprint density at radius 2 is 1.52 bits per heavy atom. The molecule has 0 aliphatic heterocycles. The van der Waals surface area contributed by atoms with Crippen LogP contribution in [0.15, 0.2) is 36.4 Å². The number of halogens is 6. The molecule has 0 unspecified atom stereocenters. The molecule has 11 heteroatoms. The molecule has 0 aliphatic carbocycles. The second kappa shape index (κ2) is 6.21. The number of hydrogen-bond acceptors (Lipinski definition) is 4. The molecule has 4 nitrogen and oxygen atoms in total. The van der Waals surface area contributed by atoms with Crippen molar-refractivity contribution < 1.29 is 38.9 Å². The van der Waals surface area contributed by atoms with Gasteiger partial charge in [-0.2, -0.15) is 34.8 Å².